The van der Waals surface area contributed by atoms with Crippen molar-refractivity contribution < 1.29 is 13.7 Å². The molecule has 1 aliphatic rings. The molecule has 0 spiro atoms. The minimum Gasteiger partial charge on any atom is -0.462 e. The summed E-state index contributed by atoms with van der Waals surface area (Å²) in [6.45, 7) is 2.08. The van der Waals surface area contributed by atoms with E-state index >= 15 is 0 Å². The van der Waals surface area contributed by atoms with Crippen molar-refractivity contribution in [2.45, 2.75) is 24.0 Å². The second-order valence-electron chi connectivity index (χ2n) is 3.48. The van der Waals surface area contributed by atoms with Crippen molar-refractivity contribution >= 4 is 33.1 Å². The van der Waals surface area contributed by atoms with Crippen molar-refractivity contribution in [2.75, 3.05) is 18.1 Å². The Hall–Kier alpha value is -0.880. The van der Waals surface area contributed by atoms with Crippen LogP contribution < -0.4 is 5.73 Å². The Kier molecular flexibility index (Phi) is 3.30. The number of carbonyl (C=O) groups is 1. The highest BCUT2D eigenvalue weighted by atomic mass is 32.2. The smallest absolute Gasteiger partial charge is 0.341 e. The van der Waals surface area contributed by atoms with Gasteiger partial charge in [0.2, 0.25) is 0 Å². The van der Waals surface area contributed by atoms with Gasteiger partial charge in [0.05, 0.1) is 27.2 Å². The molecule has 2 rings (SSSR count). The van der Waals surface area contributed by atoms with Gasteiger partial charge in [-0.2, -0.15) is 0 Å². The number of fused-ring (bicyclic) bond motifs is 1. The summed E-state index contributed by atoms with van der Waals surface area (Å²) >= 11 is 1.26. The number of hydrogen-bond acceptors (Lipinski definition) is 5. The molecule has 1 atom stereocenters. The fraction of sp³-hybridized carbons (Fsp3) is 0.500. The van der Waals surface area contributed by atoms with Gasteiger partial charge in [0.25, 0.3) is 0 Å². The van der Waals surface area contributed by atoms with Crippen molar-refractivity contribution in [3.63, 3.8) is 0 Å². The quantitative estimate of drug-likeness (QED) is 0.818. The van der Waals surface area contributed by atoms with Crippen LogP contribution in [0.15, 0.2) is 4.21 Å². The molecule has 0 saturated heterocycles. The highest BCUT2D eigenvalue weighted by Crippen LogP contribution is 2.37. The normalized spacial score (nSPS) is 19.2. The third-order valence-electron chi connectivity index (χ3n) is 2.44. The fourth-order valence-electron chi connectivity index (χ4n) is 1.77. The molecule has 2 N–H and O–H groups in total. The van der Waals surface area contributed by atoms with Gasteiger partial charge in [0.1, 0.15) is 5.00 Å². The van der Waals surface area contributed by atoms with Crippen molar-refractivity contribution in [2.24, 2.45) is 0 Å². The molecule has 88 valence electrons. The van der Waals surface area contributed by atoms with Gasteiger partial charge in [-0.1, -0.05) is 0 Å². The van der Waals surface area contributed by atoms with Crippen molar-refractivity contribution in [3.8, 4) is 0 Å². The van der Waals surface area contributed by atoms with Crippen LogP contribution in [0, 0.1) is 0 Å². The third-order valence-corrected chi connectivity index (χ3v) is 5.42. The molecule has 0 fully saturated rings. The number of nitrogens with two attached hydrogens (primary N) is 1. The Morgan fingerprint density at radius 3 is 3.06 bits per heavy atom. The number of rotatable bonds is 2. The lowest BCUT2D eigenvalue weighted by Gasteiger charge is -2.11. The summed E-state index contributed by atoms with van der Waals surface area (Å²) in [5, 5.41) is 0.429. The van der Waals surface area contributed by atoms with Crippen LogP contribution in [0.25, 0.3) is 0 Å². The van der Waals surface area contributed by atoms with Gasteiger partial charge in [0, 0.05) is 5.75 Å². The Balaban J connectivity index is 2.46. The van der Waals surface area contributed by atoms with Crippen LogP contribution in [0.2, 0.25) is 0 Å². The van der Waals surface area contributed by atoms with E-state index in [2.05, 4.69) is 0 Å². The minimum atomic E-state index is -0.994. The fourth-order valence-corrected chi connectivity index (χ4v) is 4.57. The molecule has 16 heavy (non-hydrogen) atoms. The average Bonchev–Trinajstić information content (AvgIpc) is 2.56. The molecule has 1 aromatic rings. The number of nitrogen functional groups attached to an aromatic ring is 1. The van der Waals surface area contributed by atoms with E-state index in [1.165, 1.54) is 11.3 Å². The summed E-state index contributed by atoms with van der Waals surface area (Å²) in [7, 11) is -0.994. The highest BCUT2D eigenvalue weighted by Gasteiger charge is 2.28. The molecule has 0 aliphatic carbocycles. The van der Waals surface area contributed by atoms with E-state index in [4.69, 9.17) is 10.5 Å². The lowest BCUT2D eigenvalue weighted by molar-refractivity contribution is 0.0526. The summed E-state index contributed by atoms with van der Waals surface area (Å²) < 4.78 is 17.5. The number of esters is 1. The zero-order valence-corrected chi connectivity index (χ0v) is 10.6. The number of hydrogen-bond donors (Lipinski definition) is 1. The number of thiophene rings is 1. The third kappa shape index (κ3) is 1.87. The van der Waals surface area contributed by atoms with E-state index in [1.54, 1.807) is 6.92 Å². The van der Waals surface area contributed by atoms with Gasteiger partial charge in [-0.25, -0.2) is 4.79 Å². The standard InChI is InChI=1S/C10H13NO3S2/c1-2-14-9(12)7-6-4-3-5-16(13)10(6)15-8(7)11/h2-5,11H2,1H3/t16-/m0/s1. The first kappa shape index (κ1) is 11.6. The van der Waals surface area contributed by atoms with E-state index < -0.39 is 16.8 Å². The maximum atomic E-state index is 11.7. The minimum absolute atomic E-state index is 0.325. The van der Waals surface area contributed by atoms with Crippen LogP contribution in [-0.4, -0.2) is 22.5 Å². The summed E-state index contributed by atoms with van der Waals surface area (Å²) in [6, 6.07) is 0. The molecule has 0 unspecified atom stereocenters. The Morgan fingerprint density at radius 2 is 2.38 bits per heavy atom. The van der Waals surface area contributed by atoms with E-state index in [1.807, 2.05) is 0 Å². The molecule has 4 nitrogen and oxygen atoms in total. The first-order valence-electron chi connectivity index (χ1n) is 5.11. The molecular weight excluding hydrogens is 246 g/mol. The Labute approximate surface area is 100 Å². The molecular formula is C10H13NO3S2. The van der Waals surface area contributed by atoms with Crippen LogP contribution in [0.4, 0.5) is 5.00 Å². The van der Waals surface area contributed by atoms with Gasteiger partial charge < -0.3 is 10.5 Å². The lowest BCUT2D eigenvalue weighted by atomic mass is 10.1. The van der Waals surface area contributed by atoms with Gasteiger partial charge in [0.15, 0.2) is 0 Å². The van der Waals surface area contributed by atoms with E-state index in [0.29, 0.717) is 22.9 Å². The largest absolute Gasteiger partial charge is 0.462 e. The summed E-state index contributed by atoms with van der Waals surface area (Å²) in [4.78, 5) is 11.7. The summed E-state index contributed by atoms with van der Waals surface area (Å²) in [5.41, 5.74) is 7.08. The van der Waals surface area contributed by atoms with Crippen molar-refractivity contribution in [3.05, 3.63) is 11.1 Å². The van der Waals surface area contributed by atoms with Crippen molar-refractivity contribution in [1.29, 1.82) is 0 Å². The van der Waals surface area contributed by atoms with Crippen LogP contribution in [-0.2, 0) is 22.0 Å². The SMILES string of the molecule is CCOC(=O)c1c(N)sc2c1CCC[S@@]2=O. The molecule has 1 aromatic heterocycles. The lowest BCUT2D eigenvalue weighted by Crippen LogP contribution is -2.13. The van der Waals surface area contributed by atoms with E-state index in [9.17, 15) is 9.00 Å². The van der Waals surface area contributed by atoms with E-state index in [0.717, 1.165) is 22.6 Å². The Bertz CT molecular complexity index is 453. The summed E-state index contributed by atoms with van der Waals surface area (Å²) in [6.07, 6.45) is 1.60. The molecule has 0 bridgehead atoms. The molecule has 0 saturated carbocycles. The molecule has 1 aliphatic heterocycles. The van der Waals surface area contributed by atoms with Crippen LogP contribution >= 0.6 is 11.3 Å². The maximum Gasteiger partial charge on any atom is 0.341 e. The Morgan fingerprint density at radius 1 is 1.62 bits per heavy atom. The van der Waals surface area contributed by atoms with Crippen LogP contribution in [0.5, 0.6) is 0 Å². The van der Waals surface area contributed by atoms with Gasteiger partial charge in [-0.3, -0.25) is 4.21 Å². The molecule has 0 radical (unpaired) electrons. The van der Waals surface area contributed by atoms with Gasteiger partial charge in [-0.15, -0.1) is 11.3 Å². The molecule has 2 heterocycles. The second kappa shape index (κ2) is 4.55. The second-order valence-corrected chi connectivity index (χ2v) is 6.30. The first-order chi connectivity index (χ1) is 7.65. The zero-order chi connectivity index (χ0) is 11.7. The maximum absolute atomic E-state index is 11.7. The highest BCUT2D eigenvalue weighted by molar-refractivity contribution is 7.87. The zero-order valence-electron chi connectivity index (χ0n) is 8.95. The van der Waals surface area contributed by atoms with Crippen molar-refractivity contribution in [1.82, 2.24) is 0 Å². The van der Waals surface area contributed by atoms with Crippen LogP contribution in [0.1, 0.15) is 29.3 Å². The topological polar surface area (TPSA) is 69.4 Å². The molecule has 6 heteroatoms. The molecule has 0 aromatic carbocycles. The number of ether oxygens (including phenoxy) is 1. The number of anilines is 1. The average molecular weight is 259 g/mol. The first-order valence-corrected chi connectivity index (χ1v) is 7.25. The van der Waals surface area contributed by atoms with Gasteiger partial charge in [-0.05, 0) is 25.3 Å². The van der Waals surface area contributed by atoms with Gasteiger partial charge >= 0.3 is 5.97 Å². The number of carbonyl (C=O) groups excluding carboxylic acids is 1. The van der Waals surface area contributed by atoms with Crippen LogP contribution in [0.3, 0.4) is 0 Å². The predicted molar refractivity (Wildman–Crippen MR) is 64.3 cm³/mol. The van der Waals surface area contributed by atoms with E-state index in [-0.39, 0.29) is 0 Å². The predicted octanol–water partition coefficient (Wildman–Crippen LogP) is 1.56. The monoisotopic (exact) mass is 259 g/mol. The summed E-state index contributed by atoms with van der Waals surface area (Å²) in [5.74, 6) is 0.270. The molecule has 0 amide bonds.